The number of anilines is 3. The summed E-state index contributed by atoms with van der Waals surface area (Å²) in [5, 5.41) is 8.47. The van der Waals surface area contributed by atoms with Crippen molar-refractivity contribution < 1.29 is 14.3 Å². The number of morpholine rings is 2. The number of hydrogen-bond acceptors (Lipinski definition) is 7. The van der Waals surface area contributed by atoms with Gasteiger partial charge in [-0.15, -0.1) is 0 Å². The van der Waals surface area contributed by atoms with Crippen LogP contribution in [0.5, 0.6) is 0 Å². The molecule has 1 N–H and O–H groups in total. The molecular weight excluding hydrogens is 422 g/mol. The molecule has 33 heavy (non-hydrogen) atoms. The normalized spacial score (nSPS) is 16.7. The van der Waals surface area contributed by atoms with Crippen molar-refractivity contribution in [3.05, 3.63) is 59.0 Å². The van der Waals surface area contributed by atoms with E-state index in [-0.39, 0.29) is 18.0 Å². The summed E-state index contributed by atoms with van der Waals surface area (Å²) in [4.78, 5) is 30.2. The monoisotopic (exact) mass is 449 g/mol. The molecule has 0 aliphatic carbocycles. The van der Waals surface area contributed by atoms with Gasteiger partial charge in [0.25, 0.3) is 5.56 Å². The standard InChI is InChI=1S/C24H27N5O4/c30-23(17-29-24(31)20-4-2-1-3-18(20)16-25-29)26-21-6-5-19(27-7-11-32-12-8-27)15-22(21)28-9-13-33-14-10-28/h1-6,15-16H,7-14,17H2,(H,26,30). The minimum Gasteiger partial charge on any atom is -0.378 e. The molecule has 2 aliphatic heterocycles. The zero-order valence-corrected chi connectivity index (χ0v) is 18.4. The van der Waals surface area contributed by atoms with Gasteiger partial charge in [0.15, 0.2) is 0 Å². The highest BCUT2D eigenvalue weighted by molar-refractivity contribution is 5.95. The fourth-order valence-corrected chi connectivity index (χ4v) is 4.28. The van der Waals surface area contributed by atoms with Crippen LogP contribution in [0, 0.1) is 0 Å². The molecule has 0 bridgehead atoms. The van der Waals surface area contributed by atoms with E-state index in [9.17, 15) is 9.59 Å². The zero-order chi connectivity index (χ0) is 22.6. The first-order valence-corrected chi connectivity index (χ1v) is 11.2. The van der Waals surface area contributed by atoms with Crippen LogP contribution >= 0.6 is 0 Å². The molecule has 2 aliphatic rings. The van der Waals surface area contributed by atoms with E-state index in [4.69, 9.17) is 9.47 Å². The van der Waals surface area contributed by atoms with Gasteiger partial charge in [0.2, 0.25) is 5.91 Å². The first kappa shape index (κ1) is 21.4. The molecule has 3 aromatic rings. The molecule has 9 heteroatoms. The highest BCUT2D eigenvalue weighted by atomic mass is 16.5. The third-order valence-corrected chi connectivity index (χ3v) is 6.04. The van der Waals surface area contributed by atoms with Crippen LogP contribution < -0.4 is 20.7 Å². The van der Waals surface area contributed by atoms with E-state index in [0.717, 1.165) is 42.9 Å². The van der Waals surface area contributed by atoms with Crippen molar-refractivity contribution in [1.82, 2.24) is 9.78 Å². The molecule has 0 saturated carbocycles. The molecule has 1 aromatic heterocycles. The number of fused-ring (bicyclic) bond motifs is 1. The maximum atomic E-state index is 12.9. The maximum Gasteiger partial charge on any atom is 0.275 e. The van der Waals surface area contributed by atoms with Gasteiger partial charge in [-0.2, -0.15) is 5.10 Å². The van der Waals surface area contributed by atoms with E-state index in [2.05, 4.69) is 26.3 Å². The Labute approximate surface area is 191 Å². The second-order valence-electron chi connectivity index (χ2n) is 8.14. The van der Waals surface area contributed by atoms with E-state index in [0.29, 0.717) is 37.5 Å². The van der Waals surface area contributed by atoms with E-state index < -0.39 is 0 Å². The Balaban J connectivity index is 1.39. The molecule has 0 radical (unpaired) electrons. The van der Waals surface area contributed by atoms with Gasteiger partial charge >= 0.3 is 0 Å². The molecule has 172 valence electrons. The Hall–Kier alpha value is -3.43. The number of carbonyl (C=O) groups is 1. The third kappa shape index (κ3) is 4.69. The highest BCUT2D eigenvalue weighted by Gasteiger charge is 2.20. The number of carbonyl (C=O) groups excluding carboxylic acids is 1. The first-order valence-electron chi connectivity index (χ1n) is 11.2. The van der Waals surface area contributed by atoms with Crippen LogP contribution in [0.3, 0.4) is 0 Å². The number of nitrogens with zero attached hydrogens (tertiary/aromatic N) is 4. The van der Waals surface area contributed by atoms with Crippen molar-refractivity contribution in [3.8, 4) is 0 Å². The lowest BCUT2D eigenvalue weighted by Crippen LogP contribution is -2.38. The quantitative estimate of drug-likeness (QED) is 0.634. The molecule has 5 rings (SSSR count). The number of nitrogens with one attached hydrogen (secondary N) is 1. The third-order valence-electron chi connectivity index (χ3n) is 6.04. The van der Waals surface area contributed by atoms with Crippen molar-refractivity contribution in [3.63, 3.8) is 0 Å². The number of benzene rings is 2. The van der Waals surface area contributed by atoms with Crippen LogP contribution in [0.15, 0.2) is 53.5 Å². The van der Waals surface area contributed by atoms with Gasteiger partial charge in [-0.25, -0.2) is 4.68 Å². The molecular formula is C24H27N5O4. The molecule has 0 spiro atoms. The van der Waals surface area contributed by atoms with Gasteiger partial charge in [-0.05, 0) is 24.3 Å². The number of aromatic nitrogens is 2. The van der Waals surface area contributed by atoms with Crippen LogP contribution in [0.2, 0.25) is 0 Å². The van der Waals surface area contributed by atoms with Gasteiger partial charge in [0, 0.05) is 37.3 Å². The summed E-state index contributed by atoms with van der Waals surface area (Å²) in [6, 6.07) is 13.3. The van der Waals surface area contributed by atoms with Gasteiger partial charge in [0.05, 0.1) is 49.4 Å². The molecule has 9 nitrogen and oxygen atoms in total. The molecule has 2 fully saturated rings. The summed E-state index contributed by atoms with van der Waals surface area (Å²) in [6.07, 6.45) is 1.61. The number of hydrogen-bond donors (Lipinski definition) is 1. The first-order chi connectivity index (χ1) is 16.2. The topological polar surface area (TPSA) is 88.9 Å². The molecule has 0 unspecified atom stereocenters. The Kier molecular flexibility index (Phi) is 6.23. The van der Waals surface area contributed by atoms with E-state index >= 15 is 0 Å². The van der Waals surface area contributed by atoms with E-state index in [1.54, 1.807) is 18.3 Å². The zero-order valence-electron chi connectivity index (χ0n) is 18.4. The van der Waals surface area contributed by atoms with Crippen molar-refractivity contribution in [2.45, 2.75) is 6.54 Å². The molecule has 2 saturated heterocycles. The Bertz CT molecular complexity index is 1200. The van der Waals surface area contributed by atoms with Crippen LogP contribution in [0.25, 0.3) is 10.8 Å². The van der Waals surface area contributed by atoms with Crippen molar-refractivity contribution in [2.75, 3.05) is 67.7 Å². The molecule has 2 aromatic carbocycles. The number of amides is 1. The van der Waals surface area contributed by atoms with Crippen LogP contribution in [-0.2, 0) is 20.8 Å². The van der Waals surface area contributed by atoms with Gasteiger partial charge in [0.1, 0.15) is 6.54 Å². The molecule has 0 atom stereocenters. The van der Waals surface area contributed by atoms with Crippen LogP contribution in [0.4, 0.5) is 17.1 Å². The van der Waals surface area contributed by atoms with Crippen molar-refractivity contribution in [2.24, 2.45) is 0 Å². The predicted molar refractivity (Wildman–Crippen MR) is 127 cm³/mol. The van der Waals surface area contributed by atoms with Crippen molar-refractivity contribution in [1.29, 1.82) is 0 Å². The van der Waals surface area contributed by atoms with Crippen LogP contribution in [-0.4, -0.2) is 68.3 Å². The van der Waals surface area contributed by atoms with Crippen LogP contribution in [0.1, 0.15) is 0 Å². The largest absolute Gasteiger partial charge is 0.378 e. The minimum atomic E-state index is -0.298. The fraction of sp³-hybridized carbons (Fsp3) is 0.375. The lowest BCUT2D eigenvalue weighted by atomic mass is 10.1. The fourth-order valence-electron chi connectivity index (χ4n) is 4.28. The minimum absolute atomic E-state index is 0.155. The van der Waals surface area contributed by atoms with Gasteiger partial charge < -0.3 is 24.6 Å². The molecule has 1 amide bonds. The summed E-state index contributed by atoms with van der Waals surface area (Å²) in [7, 11) is 0. The SMILES string of the molecule is O=C(Cn1ncc2ccccc2c1=O)Nc1ccc(N2CCOCC2)cc1N1CCOCC1. The lowest BCUT2D eigenvalue weighted by Gasteiger charge is -2.33. The smallest absolute Gasteiger partial charge is 0.275 e. The maximum absolute atomic E-state index is 12.9. The molecule has 3 heterocycles. The summed E-state index contributed by atoms with van der Waals surface area (Å²) >= 11 is 0. The van der Waals surface area contributed by atoms with Gasteiger partial charge in [-0.3, -0.25) is 9.59 Å². The summed E-state index contributed by atoms with van der Waals surface area (Å²) in [5.41, 5.74) is 2.49. The lowest BCUT2D eigenvalue weighted by molar-refractivity contribution is -0.117. The average Bonchev–Trinajstić information content (AvgIpc) is 2.87. The number of ether oxygens (including phenoxy) is 2. The Morgan fingerprint density at radius 2 is 1.64 bits per heavy atom. The Morgan fingerprint density at radius 3 is 2.39 bits per heavy atom. The second kappa shape index (κ2) is 9.60. The summed E-state index contributed by atoms with van der Waals surface area (Å²) in [6.45, 7) is 5.73. The van der Waals surface area contributed by atoms with E-state index in [1.807, 2.05) is 24.3 Å². The second-order valence-corrected chi connectivity index (χ2v) is 8.14. The summed E-state index contributed by atoms with van der Waals surface area (Å²) in [5.74, 6) is -0.298. The van der Waals surface area contributed by atoms with Crippen molar-refractivity contribution >= 4 is 33.7 Å². The average molecular weight is 450 g/mol. The number of rotatable bonds is 5. The highest BCUT2D eigenvalue weighted by Crippen LogP contribution is 2.32. The summed E-state index contributed by atoms with van der Waals surface area (Å²) < 4.78 is 12.2. The Morgan fingerprint density at radius 1 is 0.939 bits per heavy atom. The van der Waals surface area contributed by atoms with Gasteiger partial charge in [-0.1, -0.05) is 18.2 Å². The predicted octanol–water partition coefficient (Wildman–Crippen LogP) is 1.71. The van der Waals surface area contributed by atoms with E-state index in [1.165, 1.54) is 4.68 Å².